The van der Waals surface area contributed by atoms with Crippen LogP contribution >= 0.6 is 0 Å². The first-order chi connectivity index (χ1) is 9.38. The molecule has 0 saturated heterocycles. The first-order valence-electron chi connectivity index (χ1n) is 6.81. The lowest BCUT2D eigenvalue weighted by Crippen LogP contribution is -2.31. The van der Waals surface area contributed by atoms with Gasteiger partial charge < -0.3 is 16.8 Å². The Morgan fingerprint density at radius 1 is 1.20 bits per heavy atom. The molecule has 0 spiro atoms. The van der Waals surface area contributed by atoms with Crippen molar-refractivity contribution in [3.63, 3.8) is 0 Å². The molecule has 0 bridgehead atoms. The van der Waals surface area contributed by atoms with Crippen LogP contribution in [0, 0.1) is 5.92 Å². The summed E-state index contributed by atoms with van der Waals surface area (Å²) in [7, 11) is 0. The van der Waals surface area contributed by atoms with Gasteiger partial charge in [-0.15, -0.1) is 0 Å². The van der Waals surface area contributed by atoms with Crippen LogP contribution in [0.25, 0.3) is 0 Å². The van der Waals surface area contributed by atoms with Gasteiger partial charge in [-0.05, 0) is 30.0 Å². The predicted molar refractivity (Wildman–Crippen MR) is 80.0 cm³/mol. The van der Waals surface area contributed by atoms with Crippen molar-refractivity contribution in [2.45, 2.75) is 39.2 Å². The predicted octanol–water partition coefficient (Wildman–Crippen LogP) is 1.42. The number of hydrogen-bond acceptors (Lipinski definition) is 3. The van der Waals surface area contributed by atoms with Crippen molar-refractivity contribution in [3.8, 4) is 0 Å². The molecule has 0 unspecified atom stereocenters. The van der Waals surface area contributed by atoms with Gasteiger partial charge in [-0.3, -0.25) is 9.59 Å². The van der Waals surface area contributed by atoms with Crippen molar-refractivity contribution >= 4 is 17.5 Å². The van der Waals surface area contributed by atoms with E-state index in [9.17, 15) is 9.59 Å². The van der Waals surface area contributed by atoms with E-state index in [1.165, 1.54) is 0 Å². The Labute approximate surface area is 119 Å². The number of nitrogens with one attached hydrogen (secondary N) is 1. The van der Waals surface area contributed by atoms with Gasteiger partial charge in [0.2, 0.25) is 11.8 Å². The van der Waals surface area contributed by atoms with Gasteiger partial charge in [0.25, 0.3) is 0 Å². The lowest BCUT2D eigenvalue weighted by molar-refractivity contribution is -0.118. The number of benzene rings is 1. The van der Waals surface area contributed by atoms with E-state index in [0.29, 0.717) is 19.3 Å². The van der Waals surface area contributed by atoms with Crippen molar-refractivity contribution in [1.82, 2.24) is 0 Å². The average molecular weight is 277 g/mol. The van der Waals surface area contributed by atoms with Crippen LogP contribution in [0.1, 0.15) is 32.3 Å². The number of hydrogen-bond donors (Lipinski definition) is 3. The van der Waals surface area contributed by atoms with Gasteiger partial charge in [0.1, 0.15) is 0 Å². The first kappa shape index (κ1) is 16.2. The summed E-state index contributed by atoms with van der Waals surface area (Å²) in [5, 5.41) is 2.81. The highest BCUT2D eigenvalue weighted by Gasteiger charge is 2.12. The quantitative estimate of drug-likeness (QED) is 0.703. The second-order valence-corrected chi connectivity index (χ2v) is 5.32. The molecule has 0 aliphatic carbocycles. The monoisotopic (exact) mass is 277 g/mol. The van der Waals surface area contributed by atoms with E-state index < -0.39 is 0 Å². The van der Waals surface area contributed by atoms with Crippen molar-refractivity contribution < 1.29 is 9.59 Å². The fourth-order valence-electron chi connectivity index (χ4n) is 1.68. The second kappa shape index (κ2) is 7.65. The Kier molecular flexibility index (Phi) is 6.18. The van der Waals surface area contributed by atoms with Crippen LogP contribution in [0.15, 0.2) is 24.3 Å². The van der Waals surface area contributed by atoms with Gasteiger partial charge in [-0.1, -0.05) is 26.0 Å². The summed E-state index contributed by atoms with van der Waals surface area (Å²) in [6, 6.07) is 7.25. The number of carbonyl (C=O) groups excluding carboxylic acids is 2. The Balaban J connectivity index is 2.48. The lowest BCUT2D eigenvalue weighted by Gasteiger charge is -2.15. The number of anilines is 1. The molecular weight excluding hydrogens is 254 g/mol. The standard InChI is InChI=1S/C15H23N3O2/c1-10(2)13(16)9-15(20)18-12-6-3-11(4-7-12)5-8-14(17)19/h3-4,6-7,10,13H,5,8-9,16H2,1-2H3,(H2,17,19)(H,18,20)/t13-/m0/s1. The number of aryl methyl sites for hydroxylation is 1. The minimum atomic E-state index is -0.315. The van der Waals surface area contributed by atoms with Gasteiger partial charge >= 0.3 is 0 Å². The molecule has 1 aromatic rings. The smallest absolute Gasteiger partial charge is 0.225 e. The van der Waals surface area contributed by atoms with E-state index in [4.69, 9.17) is 11.5 Å². The van der Waals surface area contributed by atoms with E-state index in [1.54, 1.807) is 0 Å². The third-order valence-corrected chi connectivity index (χ3v) is 3.18. The van der Waals surface area contributed by atoms with Crippen LogP contribution in [-0.2, 0) is 16.0 Å². The van der Waals surface area contributed by atoms with E-state index in [2.05, 4.69) is 5.32 Å². The Bertz CT molecular complexity index is 455. The summed E-state index contributed by atoms with van der Waals surface area (Å²) in [6.45, 7) is 3.98. The molecule has 1 aromatic carbocycles. The summed E-state index contributed by atoms with van der Waals surface area (Å²) in [4.78, 5) is 22.5. The maximum absolute atomic E-state index is 11.8. The van der Waals surface area contributed by atoms with Gasteiger partial charge in [0.05, 0.1) is 0 Å². The molecule has 5 heteroatoms. The molecule has 110 valence electrons. The summed E-state index contributed by atoms with van der Waals surface area (Å²) >= 11 is 0. The zero-order valence-electron chi connectivity index (χ0n) is 12.1. The van der Waals surface area contributed by atoms with Gasteiger partial charge in [-0.2, -0.15) is 0 Å². The van der Waals surface area contributed by atoms with E-state index in [-0.39, 0.29) is 23.8 Å². The second-order valence-electron chi connectivity index (χ2n) is 5.32. The van der Waals surface area contributed by atoms with Gasteiger partial charge in [0, 0.05) is 24.6 Å². The highest BCUT2D eigenvalue weighted by Crippen LogP contribution is 2.12. The van der Waals surface area contributed by atoms with Crippen LogP contribution in [0.3, 0.4) is 0 Å². The largest absolute Gasteiger partial charge is 0.370 e. The summed E-state index contributed by atoms with van der Waals surface area (Å²) < 4.78 is 0. The van der Waals surface area contributed by atoms with Crippen LogP contribution in [0.4, 0.5) is 5.69 Å². The van der Waals surface area contributed by atoms with Crippen LogP contribution in [-0.4, -0.2) is 17.9 Å². The lowest BCUT2D eigenvalue weighted by atomic mass is 10.0. The zero-order valence-corrected chi connectivity index (χ0v) is 12.1. The number of primary amides is 1. The highest BCUT2D eigenvalue weighted by atomic mass is 16.1. The molecule has 5 nitrogen and oxygen atoms in total. The first-order valence-corrected chi connectivity index (χ1v) is 6.81. The third-order valence-electron chi connectivity index (χ3n) is 3.18. The van der Waals surface area contributed by atoms with Crippen molar-refractivity contribution in [1.29, 1.82) is 0 Å². The molecule has 0 saturated carbocycles. The fraction of sp³-hybridized carbons (Fsp3) is 0.467. The van der Waals surface area contributed by atoms with Crippen molar-refractivity contribution in [3.05, 3.63) is 29.8 Å². The molecule has 0 radical (unpaired) electrons. The average Bonchev–Trinajstić information content (AvgIpc) is 2.37. The molecule has 5 N–H and O–H groups in total. The van der Waals surface area contributed by atoms with Crippen molar-refractivity contribution in [2.24, 2.45) is 17.4 Å². The maximum Gasteiger partial charge on any atom is 0.225 e. The Morgan fingerprint density at radius 2 is 1.80 bits per heavy atom. The van der Waals surface area contributed by atoms with E-state index >= 15 is 0 Å². The van der Waals surface area contributed by atoms with Crippen LogP contribution in [0.2, 0.25) is 0 Å². The summed E-state index contributed by atoms with van der Waals surface area (Å²) in [6.07, 6.45) is 1.25. The molecule has 1 rings (SSSR count). The highest BCUT2D eigenvalue weighted by molar-refractivity contribution is 5.91. The van der Waals surface area contributed by atoms with Crippen LogP contribution in [0.5, 0.6) is 0 Å². The normalized spacial score (nSPS) is 12.2. The minimum Gasteiger partial charge on any atom is -0.370 e. The minimum absolute atomic E-state index is 0.0870. The topological polar surface area (TPSA) is 98.2 Å². The molecule has 0 fully saturated rings. The van der Waals surface area contributed by atoms with Gasteiger partial charge in [0.15, 0.2) is 0 Å². The number of amides is 2. The molecule has 20 heavy (non-hydrogen) atoms. The zero-order chi connectivity index (χ0) is 15.1. The molecule has 1 atom stereocenters. The number of carbonyl (C=O) groups is 2. The molecule has 0 aromatic heterocycles. The molecular formula is C15H23N3O2. The summed E-state index contributed by atoms with van der Waals surface area (Å²) in [5.74, 6) is -0.127. The fourth-order valence-corrected chi connectivity index (χ4v) is 1.68. The van der Waals surface area contributed by atoms with Crippen LogP contribution < -0.4 is 16.8 Å². The van der Waals surface area contributed by atoms with E-state index in [0.717, 1.165) is 11.3 Å². The Hall–Kier alpha value is -1.88. The van der Waals surface area contributed by atoms with Crippen molar-refractivity contribution in [2.75, 3.05) is 5.32 Å². The third kappa shape index (κ3) is 5.84. The number of rotatable bonds is 7. The molecule has 0 aliphatic rings. The van der Waals surface area contributed by atoms with E-state index in [1.807, 2.05) is 38.1 Å². The molecule has 0 heterocycles. The SMILES string of the molecule is CC(C)[C@@H](N)CC(=O)Nc1ccc(CCC(N)=O)cc1. The Morgan fingerprint density at radius 3 is 2.30 bits per heavy atom. The molecule has 0 aliphatic heterocycles. The number of nitrogens with two attached hydrogens (primary N) is 2. The maximum atomic E-state index is 11.8. The summed E-state index contributed by atoms with van der Waals surface area (Å²) in [5.41, 5.74) is 12.7. The van der Waals surface area contributed by atoms with Gasteiger partial charge in [-0.25, -0.2) is 0 Å². The molecule has 2 amide bonds.